The molecule has 0 spiro atoms. The monoisotopic (exact) mass is 304 g/mol. The summed E-state index contributed by atoms with van der Waals surface area (Å²) >= 11 is 0. The molecule has 0 nitrogen and oxygen atoms in total. The molecule has 0 saturated heterocycles. The number of rotatable bonds is 15. The molecule has 0 unspecified atom stereocenters. The molecule has 0 aliphatic heterocycles. The number of hydrogen-bond donors (Lipinski definition) is 0. The summed E-state index contributed by atoms with van der Waals surface area (Å²) in [4.78, 5) is 0. The van der Waals surface area contributed by atoms with Crippen molar-refractivity contribution in [1.82, 2.24) is 0 Å². The van der Waals surface area contributed by atoms with Gasteiger partial charge in [-0.05, 0) is 44.1 Å². The van der Waals surface area contributed by atoms with Crippen LogP contribution in [-0.4, -0.2) is 0 Å². The van der Waals surface area contributed by atoms with Crippen molar-refractivity contribution in [2.45, 2.75) is 104 Å². The van der Waals surface area contributed by atoms with E-state index in [-0.39, 0.29) is 0 Å². The van der Waals surface area contributed by atoms with Crippen LogP contribution in [0.5, 0.6) is 0 Å². The summed E-state index contributed by atoms with van der Waals surface area (Å²) in [6.07, 6.45) is 28.8. The quantitative estimate of drug-likeness (QED) is 0.211. The summed E-state index contributed by atoms with van der Waals surface area (Å²) in [6.45, 7) is 6.82. The molecule has 0 bridgehead atoms. The highest BCUT2D eigenvalue weighted by atomic mass is 14.0. The summed E-state index contributed by atoms with van der Waals surface area (Å²) in [6, 6.07) is 0. The van der Waals surface area contributed by atoms with Gasteiger partial charge in [-0.2, -0.15) is 0 Å². The summed E-state index contributed by atoms with van der Waals surface area (Å²) in [5, 5.41) is 0. The van der Waals surface area contributed by atoms with E-state index in [1.54, 1.807) is 0 Å². The Labute approximate surface area is 140 Å². The van der Waals surface area contributed by atoms with Crippen molar-refractivity contribution >= 4 is 0 Å². The Hall–Kier alpha value is -0.780. The summed E-state index contributed by atoms with van der Waals surface area (Å²) < 4.78 is 0. The van der Waals surface area contributed by atoms with Gasteiger partial charge in [-0.3, -0.25) is 0 Å². The van der Waals surface area contributed by atoms with Crippen molar-refractivity contribution in [2.75, 3.05) is 0 Å². The van der Waals surface area contributed by atoms with Gasteiger partial charge in [-0.25, -0.2) is 0 Å². The molecule has 0 fully saturated rings. The number of hydrogen-bond acceptors (Lipinski definition) is 0. The van der Waals surface area contributed by atoms with Gasteiger partial charge in [-0.1, -0.05) is 96.1 Å². The zero-order valence-electron chi connectivity index (χ0n) is 15.6. The van der Waals surface area contributed by atoms with Crippen molar-refractivity contribution in [2.24, 2.45) is 0 Å². The van der Waals surface area contributed by atoms with Crippen LogP contribution in [0.25, 0.3) is 0 Å². The minimum Gasteiger partial charge on any atom is -0.0845 e. The lowest BCUT2D eigenvalue weighted by atomic mass is 10.0. The van der Waals surface area contributed by atoms with E-state index < -0.39 is 0 Å². The Morgan fingerprint density at radius 1 is 0.636 bits per heavy atom. The minimum absolute atomic E-state index is 1.23. The van der Waals surface area contributed by atoms with Crippen molar-refractivity contribution in [3.63, 3.8) is 0 Å². The van der Waals surface area contributed by atoms with Crippen LogP contribution in [0.4, 0.5) is 0 Å². The molecular formula is C22H40. The molecule has 0 N–H and O–H groups in total. The van der Waals surface area contributed by atoms with Crippen molar-refractivity contribution in [3.05, 3.63) is 36.0 Å². The molecule has 0 heterocycles. The van der Waals surface area contributed by atoms with Gasteiger partial charge in [0.2, 0.25) is 0 Å². The minimum atomic E-state index is 1.23. The second kappa shape index (κ2) is 18.3. The summed E-state index contributed by atoms with van der Waals surface area (Å²) in [5.41, 5.74) is 1.51. The van der Waals surface area contributed by atoms with Crippen LogP contribution in [0.2, 0.25) is 0 Å². The largest absolute Gasteiger partial charge is 0.0845 e. The van der Waals surface area contributed by atoms with Gasteiger partial charge in [0.15, 0.2) is 0 Å². The Morgan fingerprint density at radius 3 is 1.86 bits per heavy atom. The van der Waals surface area contributed by atoms with Crippen LogP contribution in [0, 0.1) is 0 Å². The molecule has 128 valence electrons. The maximum atomic E-state index is 2.38. The highest BCUT2D eigenvalue weighted by molar-refractivity contribution is 5.23. The molecule has 0 radical (unpaired) electrons. The maximum Gasteiger partial charge on any atom is -0.0279 e. The first-order valence-electron chi connectivity index (χ1n) is 9.87. The third-order valence-corrected chi connectivity index (χ3v) is 4.05. The SMILES string of the molecule is CCCCCC=CC=C(C=CCCCCC)CCCCCC. The van der Waals surface area contributed by atoms with E-state index in [0.717, 1.165) is 0 Å². The standard InChI is InChI=1S/C22H40/c1-4-7-10-13-15-18-21-22(19-16-12-9-6-3)20-17-14-11-8-5-2/h15,17-18,20-21H,4-14,16,19H2,1-3H3. The molecule has 0 aromatic heterocycles. The first kappa shape index (κ1) is 21.2. The van der Waals surface area contributed by atoms with Gasteiger partial charge in [0.1, 0.15) is 0 Å². The normalized spacial score (nSPS) is 12.8. The van der Waals surface area contributed by atoms with E-state index in [2.05, 4.69) is 51.2 Å². The molecule has 0 amide bonds. The Balaban J connectivity index is 4.18. The Kier molecular flexibility index (Phi) is 17.6. The fourth-order valence-electron chi connectivity index (χ4n) is 2.53. The van der Waals surface area contributed by atoms with E-state index in [1.165, 1.54) is 89.0 Å². The molecule has 0 aromatic rings. The molecule has 0 heteroatoms. The third kappa shape index (κ3) is 15.6. The zero-order chi connectivity index (χ0) is 16.3. The maximum absolute atomic E-state index is 2.38. The lowest BCUT2D eigenvalue weighted by Crippen LogP contribution is -1.82. The molecule has 0 saturated carbocycles. The van der Waals surface area contributed by atoms with E-state index in [0.29, 0.717) is 0 Å². The van der Waals surface area contributed by atoms with Gasteiger partial charge in [-0.15, -0.1) is 0 Å². The van der Waals surface area contributed by atoms with E-state index in [9.17, 15) is 0 Å². The van der Waals surface area contributed by atoms with Crippen LogP contribution in [0.3, 0.4) is 0 Å². The van der Waals surface area contributed by atoms with E-state index in [4.69, 9.17) is 0 Å². The van der Waals surface area contributed by atoms with Crippen molar-refractivity contribution in [3.8, 4) is 0 Å². The average molecular weight is 305 g/mol. The second-order valence-corrected chi connectivity index (χ2v) is 6.37. The van der Waals surface area contributed by atoms with Crippen molar-refractivity contribution < 1.29 is 0 Å². The Morgan fingerprint density at radius 2 is 1.23 bits per heavy atom. The smallest absolute Gasteiger partial charge is 0.0279 e. The molecule has 0 aliphatic rings. The van der Waals surface area contributed by atoms with Gasteiger partial charge in [0.05, 0.1) is 0 Å². The van der Waals surface area contributed by atoms with Gasteiger partial charge in [0, 0.05) is 0 Å². The van der Waals surface area contributed by atoms with Gasteiger partial charge >= 0.3 is 0 Å². The van der Waals surface area contributed by atoms with E-state index in [1.807, 2.05) is 0 Å². The topological polar surface area (TPSA) is 0 Å². The number of allylic oxidation sites excluding steroid dienone is 6. The molecule has 0 aromatic carbocycles. The van der Waals surface area contributed by atoms with Crippen LogP contribution in [0.15, 0.2) is 36.0 Å². The van der Waals surface area contributed by atoms with E-state index >= 15 is 0 Å². The fourth-order valence-corrected chi connectivity index (χ4v) is 2.53. The first-order chi connectivity index (χ1) is 10.8. The van der Waals surface area contributed by atoms with Crippen LogP contribution >= 0.6 is 0 Å². The molecule has 0 aliphatic carbocycles. The van der Waals surface area contributed by atoms with Gasteiger partial charge in [0.25, 0.3) is 0 Å². The molecule has 22 heavy (non-hydrogen) atoms. The zero-order valence-corrected chi connectivity index (χ0v) is 15.6. The average Bonchev–Trinajstić information content (AvgIpc) is 2.53. The summed E-state index contributed by atoms with van der Waals surface area (Å²) in [5.74, 6) is 0. The van der Waals surface area contributed by atoms with Crippen LogP contribution in [-0.2, 0) is 0 Å². The molecular weight excluding hydrogens is 264 g/mol. The molecule has 0 rings (SSSR count). The van der Waals surface area contributed by atoms with Gasteiger partial charge < -0.3 is 0 Å². The summed E-state index contributed by atoms with van der Waals surface area (Å²) in [7, 11) is 0. The third-order valence-electron chi connectivity index (χ3n) is 4.05. The predicted molar refractivity (Wildman–Crippen MR) is 103 cm³/mol. The lowest BCUT2D eigenvalue weighted by Gasteiger charge is -2.02. The number of unbranched alkanes of at least 4 members (excludes halogenated alkanes) is 9. The highest BCUT2D eigenvalue weighted by Gasteiger charge is 1.93. The predicted octanol–water partition coefficient (Wildman–Crippen LogP) is 8.16. The highest BCUT2D eigenvalue weighted by Crippen LogP contribution is 2.13. The lowest BCUT2D eigenvalue weighted by molar-refractivity contribution is 0.667. The molecule has 0 atom stereocenters. The Bertz CT molecular complexity index is 293. The van der Waals surface area contributed by atoms with Crippen LogP contribution in [0.1, 0.15) is 104 Å². The second-order valence-electron chi connectivity index (χ2n) is 6.37. The van der Waals surface area contributed by atoms with Crippen LogP contribution < -0.4 is 0 Å². The fraction of sp³-hybridized carbons (Fsp3) is 0.727. The van der Waals surface area contributed by atoms with Crippen molar-refractivity contribution in [1.29, 1.82) is 0 Å². The first-order valence-corrected chi connectivity index (χ1v) is 9.87.